The summed E-state index contributed by atoms with van der Waals surface area (Å²) < 4.78 is 46.5. The van der Waals surface area contributed by atoms with E-state index in [4.69, 9.17) is 5.14 Å². The minimum atomic E-state index is -3.93. The third kappa shape index (κ3) is 4.30. The molecule has 0 spiro atoms. The van der Waals surface area contributed by atoms with Gasteiger partial charge in [0.1, 0.15) is 10.6 Å². The minimum absolute atomic E-state index is 0.311. The molecule has 1 rings (SSSR count). The van der Waals surface area contributed by atoms with Gasteiger partial charge in [-0.1, -0.05) is 12.1 Å². The SMILES string of the molecule is NS(=O)(=O)CCNS(=O)(=O)c1ccccc1O. The Morgan fingerprint density at radius 2 is 1.76 bits per heavy atom. The van der Waals surface area contributed by atoms with Gasteiger partial charge >= 0.3 is 0 Å². The number of hydrogen-bond acceptors (Lipinski definition) is 5. The minimum Gasteiger partial charge on any atom is -0.507 e. The molecule has 0 saturated heterocycles. The normalized spacial score (nSPS) is 12.5. The zero-order valence-electron chi connectivity index (χ0n) is 8.70. The van der Waals surface area contributed by atoms with Crippen molar-refractivity contribution in [2.75, 3.05) is 12.3 Å². The van der Waals surface area contributed by atoms with E-state index in [-0.39, 0.29) is 11.4 Å². The Morgan fingerprint density at radius 1 is 1.18 bits per heavy atom. The van der Waals surface area contributed by atoms with Crippen molar-refractivity contribution < 1.29 is 21.9 Å². The first-order valence-corrected chi connectivity index (χ1v) is 7.70. The first kappa shape index (κ1) is 13.9. The first-order chi connectivity index (χ1) is 7.72. The van der Waals surface area contributed by atoms with Gasteiger partial charge in [-0.3, -0.25) is 0 Å². The third-order valence-electron chi connectivity index (χ3n) is 1.83. The van der Waals surface area contributed by atoms with Crippen LogP contribution >= 0.6 is 0 Å². The number of benzene rings is 1. The van der Waals surface area contributed by atoms with Crippen LogP contribution in [0.25, 0.3) is 0 Å². The quantitative estimate of drug-likeness (QED) is 0.635. The summed E-state index contributed by atoms with van der Waals surface area (Å²) in [4.78, 5) is -0.311. The fraction of sp³-hybridized carbons (Fsp3) is 0.250. The van der Waals surface area contributed by atoms with Crippen LogP contribution in [0.3, 0.4) is 0 Å². The number of sulfonamides is 2. The number of primary sulfonamides is 1. The maximum Gasteiger partial charge on any atom is 0.244 e. The summed E-state index contributed by atoms with van der Waals surface area (Å²) in [6, 6.07) is 5.33. The van der Waals surface area contributed by atoms with Gasteiger partial charge in [-0.15, -0.1) is 0 Å². The molecular weight excluding hydrogens is 268 g/mol. The van der Waals surface area contributed by atoms with E-state index < -0.39 is 31.5 Å². The molecule has 0 saturated carbocycles. The molecule has 0 atom stereocenters. The molecule has 96 valence electrons. The highest BCUT2D eigenvalue weighted by molar-refractivity contribution is 7.90. The maximum atomic E-state index is 11.6. The number of rotatable bonds is 5. The van der Waals surface area contributed by atoms with Crippen molar-refractivity contribution in [2.24, 2.45) is 5.14 Å². The Hall–Kier alpha value is -1.16. The summed E-state index contributed by atoms with van der Waals surface area (Å²) in [7, 11) is -7.66. The van der Waals surface area contributed by atoms with Crippen molar-refractivity contribution in [3.05, 3.63) is 24.3 Å². The van der Waals surface area contributed by atoms with Crippen LogP contribution in [-0.2, 0) is 20.0 Å². The van der Waals surface area contributed by atoms with E-state index >= 15 is 0 Å². The molecule has 0 aliphatic rings. The predicted octanol–water partition coefficient (Wildman–Crippen LogP) is -1.04. The molecule has 0 unspecified atom stereocenters. The number of phenolic OH excluding ortho intramolecular Hbond substituents is 1. The van der Waals surface area contributed by atoms with Crippen LogP contribution in [0.5, 0.6) is 5.75 Å². The van der Waals surface area contributed by atoms with Crippen molar-refractivity contribution in [2.45, 2.75) is 4.90 Å². The van der Waals surface area contributed by atoms with Gasteiger partial charge in [0.25, 0.3) is 0 Å². The molecule has 0 fully saturated rings. The van der Waals surface area contributed by atoms with Gasteiger partial charge < -0.3 is 5.11 Å². The topological polar surface area (TPSA) is 127 Å². The van der Waals surface area contributed by atoms with E-state index in [9.17, 15) is 21.9 Å². The zero-order chi connectivity index (χ0) is 13.1. The summed E-state index contributed by atoms with van der Waals surface area (Å²) in [6.07, 6.45) is 0. The fourth-order valence-electron chi connectivity index (χ4n) is 1.08. The number of para-hydroxylation sites is 1. The van der Waals surface area contributed by atoms with Crippen LogP contribution in [-0.4, -0.2) is 34.2 Å². The maximum absolute atomic E-state index is 11.6. The second kappa shape index (κ2) is 5.00. The highest BCUT2D eigenvalue weighted by atomic mass is 32.2. The molecule has 0 heterocycles. The highest BCUT2D eigenvalue weighted by Crippen LogP contribution is 2.20. The van der Waals surface area contributed by atoms with Crippen molar-refractivity contribution in [3.8, 4) is 5.75 Å². The average Bonchev–Trinajstić information content (AvgIpc) is 2.15. The number of hydrogen-bond donors (Lipinski definition) is 3. The van der Waals surface area contributed by atoms with Gasteiger partial charge in [-0.05, 0) is 12.1 Å². The summed E-state index contributed by atoms with van der Waals surface area (Å²) in [5.41, 5.74) is 0. The Balaban J connectivity index is 2.81. The van der Waals surface area contributed by atoms with Gasteiger partial charge in [0, 0.05) is 6.54 Å². The van der Waals surface area contributed by atoms with E-state index in [1.54, 1.807) is 0 Å². The van der Waals surface area contributed by atoms with E-state index in [2.05, 4.69) is 0 Å². The summed E-state index contributed by atoms with van der Waals surface area (Å²) >= 11 is 0. The molecule has 9 heteroatoms. The van der Waals surface area contributed by atoms with Crippen molar-refractivity contribution >= 4 is 20.0 Å². The lowest BCUT2D eigenvalue weighted by atomic mass is 10.3. The van der Waals surface area contributed by atoms with Crippen LogP contribution in [0, 0.1) is 0 Å². The number of phenols is 1. The monoisotopic (exact) mass is 280 g/mol. The molecule has 1 aromatic rings. The van der Waals surface area contributed by atoms with Crippen LogP contribution < -0.4 is 9.86 Å². The van der Waals surface area contributed by atoms with Crippen LogP contribution in [0.1, 0.15) is 0 Å². The summed E-state index contributed by atoms with van der Waals surface area (Å²) in [6.45, 7) is -0.352. The highest BCUT2D eigenvalue weighted by Gasteiger charge is 2.18. The van der Waals surface area contributed by atoms with Crippen LogP contribution in [0.4, 0.5) is 0 Å². The fourth-order valence-corrected chi connectivity index (χ4v) is 2.72. The molecular formula is C8H12N2O5S2. The van der Waals surface area contributed by atoms with E-state index in [1.807, 2.05) is 4.72 Å². The van der Waals surface area contributed by atoms with E-state index in [0.29, 0.717) is 0 Å². The van der Waals surface area contributed by atoms with Gasteiger partial charge in [0.2, 0.25) is 20.0 Å². The number of aromatic hydroxyl groups is 1. The molecule has 7 nitrogen and oxygen atoms in total. The standard InChI is InChI=1S/C8H12N2O5S2/c9-16(12,13)6-5-10-17(14,15)8-4-2-1-3-7(8)11/h1-4,10-11H,5-6H2,(H2,9,12,13). The smallest absolute Gasteiger partial charge is 0.244 e. The Morgan fingerprint density at radius 3 is 2.29 bits per heavy atom. The largest absolute Gasteiger partial charge is 0.507 e. The molecule has 4 N–H and O–H groups in total. The van der Waals surface area contributed by atoms with Gasteiger partial charge in [0.05, 0.1) is 5.75 Å². The van der Waals surface area contributed by atoms with Gasteiger partial charge in [-0.2, -0.15) is 0 Å². The average molecular weight is 280 g/mol. The Labute approximate surface area is 99.4 Å². The number of nitrogens with one attached hydrogen (secondary N) is 1. The van der Waals surface area contributed by atoms with Crippen molar-refractivity contribution in [1.82, 2.24) is 4.72 Å². The van der Waals surface area contributed by atoms with Crippen molar-refractivity contribution in [3.63, 3.8) is 0 Å². The molecule has 1 aromatic carbocycles. The van der Waals surface area contributed by atoms with Gasteiger partial charge in [0.15, 0.2) is 0 Å². The Bertz CT molecular complexity index is 594. The Kier molecular flexibility index (Phi) is 4.09. The van der Waals surface area contributed by atoms with Crippen LogP contribution in [0.2, 0.25) is 0 Å². The molecule has 0 amide bonds. The summed E-state index contributed by atoms with van der Waals surface area (Å²) in [5, 5.41) is 14.1. The molecule has 0 aromatic heterocycles. The zero-order valence-corrected chi connectivity index (χ0v) is 10.3. The number of nitrogens with two attached hydrogens (primary N) is 1. The molecule has 17 heavy (non-hydrogen) atoms. The molecule has 0 radical (unpaired) electrons. The van der Waals surface area contributed by atoms with E-state index in [1.165, 1.54) is 24.3 Å². The van der Waals surface area contributed by atoms with Crippen LogP contribution in [0.15, 0.2) is 29.2 Å². The second-order valence-corrected chi connectivity index (χ2v) is 6.70. The third-order valence-corrected chi connectivity index (χ3v) is 4.12. The van der Waals surface area contributed by atoms with Crippen molar-refractivity contribution in [1.29, 1.82) is 0 Å². The first-order valence-electron chi connectivity index (χ1n) is 4.50. The lowest BCUT2D eigenvalue weighted by Gasteiger charge is -2.07. The molecule has 0 aliphatic heterocycles. The molecule has 0 bridgehead atoms. The van der Waals surface area contributed by atoms with E-state index in [0.717, 1.165) is 0 Å². The summed E-state index contributed by atoms with van der Waals surface area (Å²) in [5.74, 6) is -0.921. The lowest BCUT2D eigenvalue weighted by molar-refractivity contribution is 0.458. The second-order valence-electron chi connectivity index (χ2n) is 3.23. The lowest BCUT2D eigenvalue weighted by Crippen LogP contribution is -2.31. The predicted molar refractivity (Wildman–Crippen MR) is 61.3 cm³/mol. The molecule has 0 aliphatic carbocycles. The van der Waals surface area contributed by atoms with Gasteiger partial charge in [-0.25, -0.2) is 26.7 Å².